The van der Waals surface area contributed by atoms with Crippen molar-refractivity contribution in [1.82, 2.24) is 4.90 Å². The van der Waals surface area contributed by atoms with Gasteiger partial charge in [-0.25, -0.2) is 0 Å². The summed E-state index contributed by atoms with van der Waals surface area (Å²) >= 11 is 12.3. The number of nitrogens with one attached hydrogen (secondary N) is 1. The van der Waals surface area contributed by atoms with Gasteiger partial charge in [0.25, 0.3) is 17.7 Å². The topological polar surface area (TPSA) is 94.2 Å². The quantitative estimate of drug-likeness (QED) is 0.332. The Balaban J connectivity index is 1.26. The summed E-state index contributed by atoms with van der Waals surface area (Å²) < 4.78 is 17.0. The molecule has 3 aromatic rings. The normalized spacial score (nSPS) is 16.5. The molecule has 2 heterocycles. The van der Waals surface area contributed by atoms with Crippen LogP contribution in [0.2, 0.25) is 10.0 Å². The highest BCUT2D eigenvalue weighted by molar-refractivity contribution is 6.36. The number of benzene rings is 3. The molecule has 38 heavy (non-hydrogen) atoms. The number of carbonyl (C=O) groups is 3. The van der Waals surface area contributed by atoms with Crippen LogP contribution in [0.25, 0.3) is 0 Å². The van der Waals surface area contributed by atoms with Crippen molar-refractivity contribution in [2.45, 2.75) is 25.9 Å². The van der Waals surface area contributed by atoms with Crippen molar-refractivity contribution in [3.8, 4) is 17.2 Å². The summed E-state index contributed by atoms with van der Waals surface area (Å²) in [5.41, 5.74) is 1.39. The van der Waals surface area contributed by atoms with Crippen LogP contribution in [0.4, 0.5) is 5.69 Å². The number of ether oxygens (including phenoxy) is 3. The molecule has 0 radical (unpaired) electrons. The van der Waals surface area contributed by atoms with Gasteiger partial charge in [0.2, 0.25) is 0 Å². The molecule has 3 amide bonds. The first-order chi connectivity index (χ1) is 18.3. The number of hydrogen-bond acceptors (Lipinski definition) is 6. The maximum absolute atomic E-state index is 12.9. The molecule has 1 atom stereocenters. The van der Waals surface area contributed by atoms with Crippen molar-refractivity contribution in [3.05, 3.63) is 81.3 Å². The fraction of sp³-hybridized carbons (Fsp3) is 0.250. The van der Waals surface area contributed by atoms with E-state index in [0.717, 1.165) is 12.8 Å². The Labute approximate surface area is 229 Å². The number of fused-ring (bicyclic) bond motifs is 1. The van der Waals surface area contributed by atoms with Crippen LogP contribution in [0.3, 0.4) is 0 Å². The van der Waals surface area contributed by atoms with Gasteiger partial charge in [-0.3, -0.25) is 19.3 Å². The number of imide groups is 1. The van der Waals surface area contributed by atoms with Crippen LogP contribution >= 0.6 is 23.2 Å². The summed E-state index contributed by atoms with van der Waals surface area (Å²) in [5, 5.41) is 3.36. The zero-order valence-corrected chi connectivity index (χ0v) is 22.0. The van der Waals surface area contributed by atoms with E-state index in [4.69, 9.17) is 37.4 Å². The van der Waals surface area contributed by atoms with E-state index in [1.165, 1.54) is 17.0 Å². The monoisotopic (exact) mass is 554 g/mol. The molecule has 3 aromatic carbocycles. The first-order valence-electron chi connectivity index (χ1n) is 12.2. The molecule has 2 aliphatic heterocycles. The zero-order chi connectivity index (χ0) is 26.8. The second-order valence-electron chi connectivity index (χ2n) is 8.84. The largest absolute Gasteiger partial charge is 0.491 e. The van der Waals surface area contributed by atoms with E-state index in [0.29, 0.717) is 46.5 Å². The lowest BCUT2D eigenvalue weighted by atomic mass is 10.1. The van der Waals surface area contributed by atoms with Crippen molar-refractivity contribution in [3.63, 3.8) is 0 Å². The third kappa shape index (κ3) is 5.34. The van der Waals surface area contributed by atoms with Crippen LogP contribution in [0.1, 0.15) is 50.8 Å². The summed E-state index contributed by atoms with van der Waals surface area (Å²) in [4.78, 5) is 39.8. The lowest BCUT2D eigenvalue weighted by molar-refractivity contribution is 0.0475. The number of rotatable bonds is 8. The number of halogens is 2. The third-order valence-corrected chi connectivity index (χ3v) is 6.74. The lowest BCUT2D eigenvalue weighted by Crippen LogP contribution is -2.36. The first kappa shape index (κ1) is 26.0. The Hall–Kier alpha value is -3.59. The SMILES string of the molecule is CCOc1c(Cl)cc(Cl)cc1C(=O)Nc1ccc(Oc2ccc3c(c2)C(=O)N(CC2CCCO2)C3=O)cc1. The Morgan fingerprint density at radius 1 is 1.03 bits per heavy atom. The van der Waals surface area contributed by atoms with Crippen molar-refractivity contribution in [2.75, 3.05) is 25.1 Å². The van der Waals surface area contributed by atoms with Gasteiger partial charge in [0, 0.05) is 17.3 Å². The van der Waals surface area contributed by atoms with Gasteiger partial charge in [-0.1, -0.05) is 23.2 Å². The Morgan fingerprint density at radius 3 is 2.47 bits per heavy atom. The minimum atomic E-state index is -0.430. The standard InChI is InChI=1S/C28H24Cl2N2O6/c1-2-36-25-23(12-16(29)13-24(25)30)26(33)31-17-5-7-18(8-6-17)38-19-9-10-21-22(14-19)28(35)32(27(21)34)15-20-4-3-11-37-20/h5-10,12-14,20H,2-4,11,15H2,1H3,(H,31,33). The molecule has 1 fully saturated rings. The van der Waals surface area contributed by atoms with Crippen LogP contribution in [0.5, 0.6) is 17.2 Å². The molecule has 1 unspecified atom stereocenters. The average Bonchev–Trinajstić information content (AvgIpc) is 3.49. The predicted octanol–water partition coefficient (Wildman–Crippen LogP) is 6.21. The average molecular weight is 555 g/mol. The van der Waals surface area contributed by atoms with E-state index in [2.05, 4.69) is 5.32 Å². The number of anilines is 1. The minimum Gasteiger partial charge on any atom is -0.491 e. The summed E-state index contributed by atoms with van der Waals surface area (Å²) in [6.45, 7) is 3.03. The van der Waals surface area contributed by atoms with Gasteiger partial charge in [0.05, 0.1) is 41.0 Å². The van der Waals surface area contributed by atoms with Gasteiger partial charge in [-0.15, -0.1) is 0 Å². The lowest BCUT2D eigenvalue weighted by Gasteiger charge is -2.17. The summed E-state index contributed by atoms with van der Waals surface area (Å²) in [7, 11) is 0. The van der Waals surface area contributed by atoms with E-state index < -0.39 is 5.91 Å². The van der Waals surface area contributed by atoms with E-state index in [1.807, 2.05) is 0 Å². The van der Waals surface area contributed by atoms with Gasteiger partial charge < -0.3 is 19.5 Å². The molecule has 1 N–H and O–H groups in total. The van der Waals surface area contributed by atoms with Gasteiger partial charge in [0.15, 0.2) is 5.75 Å². The Bertz CT molecular complexity index is 1400. The van der Waals surface area contributed by atoms with Crippen LogP contribution < -0.4 is 14.8 Å². The molecule has 0 saturated carbocycles. The molecular formula is C28H24Cl2N2O6. The van der Waals surface area contributed by atoms with Gasteiger partial charge in [-0.2, -0.15) is 0 Å². The first-order valence-corrected chi connectivity index (χ1v) is 12.9. The molecular weight excluding hydrogens is 531 g/mol. The van der Waals surface area contributed by atoms with Crippen molar-refractivity contribution < 1.29 is 28.6 Å². The molecule has 0 aromatic heterocycles. The van der Waals surface area contributed by atoms with Gasteiger partial charge in [0.1, 0.15) is 11.5 Å². The molecule has 0 aliphatic carbocycles. The van der Waals surface area contributed by atoms with Crippen LogP contribution in [-0.4, -0.2) is 48.5 Å². The van der Waals surface area contributed by atoms with E-state index in [-0.39, 0.29) is 40.8 Å². The molecule has 10 heteroatoms. The molecule has 2 aliphatic rings. The van der Waals surface area contributed by atoms with E-state index in [1.54, 1.807) is 49.4 Å². The maximum atomic E-state index is 12.9. The highest BCUT2D eigenvalue weighted by Gasteiger charge is 2.37. The second kappa shape index (κ2) is 11.0. The molecule has 0 bridgehead atoms. The zero-order valence-electron chi connectivity index (χ0n) is 20.5. The highest BCUT2D eigenvalue weighted by atomic mass is 35.5. The Kier molecular flexibility index (Phi) is 7.56. The second-order valence-corrected chi connectivity index (χ2v) is 9.68. The van der Waals surface area contributed by atoms with Crippen LogP contribution in [0, 0.1) is 0 Å². The summed E-state index contributed by atoms with van der Waals surface area (Å²) in [6, 6.07) is 14.5. The number of carbonyl (C=O) groups excluding carboxylic acids is 3. The van der Waals surface area contributed by atoms with E-state index >= 15 is 0 Å². The van der Waals surface area contributed by atoms with Gasteiger partial charge in [-0.05, 0) is 74.4 Å². The molecule has 8 nitrogen and oxygen atoms in total. The van der Waals surface area contributed by atoms with Crippen LogP contribution in [0.15, 0.2) is 54.6 Å². The Morgan fingerprint density at radius 2 is 1.76 bits per heavy atom. The third-order valence-electron chi connectivity index (χ3n) is 6.24. The number of amides is 3. The fourth-order valence-corrected chi connectivity index (χ4v) is 5.00. The molecule has 5 rings (SSSR count). The number of hydrogen-bond donors (Lipinski definition) is 1. The minimum absolute atomic E-state index is 0.117. The van der Waals surface area contributed by atoms with Crippen molar-refractivity contribution in [1.29, 1.82) is 0 Å². The summed E-state index contributed by atoms with van der Waals surface area (Å²) in [6.07, 6.45) is 1.64. The van der Waals surface area contributed by atoms with Crippen molar-refractivity contribution >= 4 is 46.6 Å². The number of nitrogens with zero attached hydrogens (tertiary/aromatic N) is 1. The fourth-order valence-electron chi connectivity index (χ4n) is 4.45. The molecule has 1 saturated heterocycles. The van der Waals surface area contributed by atoms with Crippen molar-refractivity contribution in [2.24, 2.45) is 0 Å². The maximum Gasteiger partial charge on any atom is 0.261 e. The summed E-state index contributed by atoms with van der Waals surface area (Å²) in [5.74, 6) is 0.0559. The molecule has 0 spiro atoms. The highest BCUT2D eigenvalue weighted by Crippen LogP contribution is 2.34. The van der Waals surface area contributed by atoms with Gasteiger partial charge >= 0.3 is 0 Å². The van der Waals surface area contributed by atoms with Crippen LogP contribution in [-0.2, 0) is 4.74 Å². The molecule has 196 valence electrons. The predicted molar refractivity (Wildman–Crippen MR) is 143 cm³/mol. The van der Waals surface area contributed by atoms with E-state index in [9.17, 15) is 14.4 Å². The smallest absolute Gasteiger partial charge is 0.261 e.